The van der Waals surface area contributed by atoms with Gasteiger partial charge in [0.25, 0.3) is 0 Å². The van der Waals surface area contributed by atoms with Gasteiger partial charge in [0.05, 0.1) is 6.33 Å². The number of nitrogens with two attached hydrogens (primary N) is 1. The Labute approximate surface area is 122 Å². The van der Waals surface area contributed by atoms with E-state index in [0.29, 0.717) is 18.9 Å². The number of nitrogens with zero attached hydrogens (tertiary/aromatic N) is 2. The molecule has 5 nitrogen and oxygen atoms in total. The molecule has 0 fully saturated rings. The Balaban J connectivity index is 2.24. The summed E-state index contributed by atoms with van der Waals surface area (Å²) in [7, 11) is 0. The minimum Gasteiger partial charge on any atom is -0.352 e. The molecule has 1 amide bonds. The van der Waals surface area contributed by atoms with Crippen molar-refractivity contribution in [3.8, 4) is 0 Å². The molecule has 0 aromatic carbocycles. The van der Waals surface area contributed by atoms with E-state index in [1.807, 2.05) is 17.7 Å². The molecule has 0 saturated heterocycles. The molecule has 1 aromatic heterocycles. The van der Waals surface area contributed by atoms with Gasteiger partial charge in [-0.05, 0) is 32.2 Å². The first-order chi connectivity index (χ1) is 9.65. The van der Waals surface area contributed by atoms with E-state index >= 15 is 0 Å². The van der Waals surface area contributed by atoms with Gasteiger partial charge in [-0.25, -0.2) is 4.98 Å². The number of hydrogen-bond donors (Lipinski definition) is 2. The molecule has 5 heteroatoms. The van der Waals surface area contributed by atoms with Crippen molar-refractivity contribution >= 4 is 5.91 Å². The highest BCUT2D eigenvalue weighted by Gasteiger charge is 2.12. The second kappa shape index (κ2) is 9.53. The highest BCUT2D eigenvalue weighted by molar-refractivity contribution is 5.76. The fraction of sp³-hybridized carbons (Fsp3) is 0.733. The topological polar surface area (TPSA) is 72.9 Å². The van der Waals surface area contributed by atoms with Crippen molar-refractivity contribution in [1.82, 2.24) is 14.9 Å². The molecule has 0 bridgehead atoms. The second-order valence-electron chi connectivity index (χ2n) is 5.50. The van der Waals surface area contributed by atoms with E-state index in [2.05, 4.69) is 17.2 Å². The maximum absolute atomic E-state index is 11.9. The monoisotopic (exact) mass is 280 g/mol. The third-order valence-electron chi connectivity index (χ3n) is 3.50. The van der Waals surface area contributed by atoms with Crippen molar-refractivity contribution in [1.29, 1.82) is 0 Å². The summed E-state index contributed by atoms with van der Waals surface area (Å²) >= 11 is 0. The number of amides is 1. The van der Waals surface area contributed by atoms with E-state index in [1.165, 1.54) is 0 Å². The summed E-state index contributed by atoms with van der Waals surface area (Å²) in [6.07, 6.45) is 10.3. The minimum absolute atomic E-state index is 0.121. The van der Waals surface area contributed by atoms with Crippen LogP contribution in [-0.4, -0.2) is 28.0 Å². The van der Waals surface area contributed by atoms with Crippen molar-refractivity contribution in [2.24, 2.45) is 11.7 Å². The number of imidazole rings is 1. The third-order valence-corrected chi connectivity index (χ3v) is 3.50. The molecular formula is C15H28N4O. The van der Waals surface area contributed by atoms with Gasteiger partial charge < -0.3 is 15.6 Å². The summed E-state index contributed by atoms with van der Waals surface area (Å²) in [5.74, 6) is 0.718. The zero-order valence-electron chi connectivity index (χ0n) is 12.7. The van der Waals surface area contributed by atoms with Gasteiger partial charge in [0.15, 0.2) is 0 Å². The van der Waals surface area contributed by atoms with Crippen LogP contribution in [0.4, 0.5) is 0 Å². The Morgan fingerprint density at radius 1 is 1.40 bits per heavy atom. The molecule has 0 saturated carbocycles. The van der Waals surface area contributed by atoms with Crippen molar-refractivity contribution in [3.63, 3.8) is 0 Å². The van der Waals surface area contributed by atoms with Crippen LogP contribution in [0.15, 0.2) is 18.7 Å². The number of carbonyl (C=O) groups is 1. The number of hydrogen-bond acceptors (Lipinski definition) is 3. The molecule has 20 heavy (non-hydrogen) atoms. The average Bonchev–Trinajstić information content (AvgIpc) is 2.89. The first-order valence-corrected chi connectivity index (χ1v) is 7.60. The Bertz CT molecular complexity index is 358. The predicted molar refractivity (Wildman–Crippen MR) is 81.1 cm³/mol. The van der Waals surface area contributed by atoms with E-state index in [4.69, 9.17) is 5.73 Å². The van der Waals surface area contributed by atoms with Crippen molar-refractivity contribution in [2.75, 3.05) is 6.54 Å². The molecule has 0 spiro atoms. The molecule has 0 aliphatic heterocycles. The fourth-order valence-corrected chi connectivity index (χ4v) is 2.52. The van der Waals surface area contributed by atoms with Gasteiger partial charge in [-0.1, -0.05) is 19.8 Å². The largest absolute Gasteiger partial charge is 0.352 e. The summed E-state index contributed by atoms with van der Waals surface area (Å²) in [6.45, 7) is 5.66. The standard InChI is InChI=1S/C15H28N4O/c1-3-4-14(7-8-16)5-6-15(20)18-13(2)11-19-10-9-17-12-19/h9-10,12-14H,3-8,11,16H2,1-2H3,(H,18,20). The lowest BCUT2D eigenvalue weighted by atomic mass is 9.94. The molecule has 114 valence electrons. The van der Waals surface area contributed by atoms with Gasteiger partial charge in [-0.3, -0.25) is 4.79 Å². The molecule has 2 atom stereocenters. The first kappa shape index (κ1) is 16.7. The smallest absolute Gasteiger partial charge is 0.220 e. The van der Waals surface area contributed by atoms with Crippen LogP contribution >= 0.6 is 0 Å². The van der Waals surface area contributed by atoms with Crippen LogP contribution in [0.1, 0.15) is 46.0 Å². The van der Waals surface area contributed by atoms with Gasteiger partial charge in [-0.2, -0.15) is 0 Å². The van der Waals surface area contributed by atoms with Crippen LogP contribution < -0.4 is 11.1 Å². The summed E-state index contributed by atoms with van der Waals surface area (Å²) in [4.78, 5) is 15.9. The molecule has 0 radical (unpaired) electrons. The van der Waals surface area contributed by atoms with Gasteiger partial charge >= 0.3 is 0 Å². The molecular weight excluding hydrogens is 252 g/mol. The number of aromatic nitrogens is 2. The van der Waals surface area contributed by atoms with E-state index < -0.39 is 0 Å². The van der Waals surface area contributed by atoms with Crippen molar-refractivity contribution in [2.45, 2.75) is 58.5 Å². The Morgan fingerprint density at radius 3 is 2.80 bits per heavy atom. The van der Waals surface area contributed by atoms with Crippen LogP contribution in [0, 0.1) is 5.92 Å². The quantitative estimate of drug-likeness (QED) is 0.688. The van der Waals surface area contributed by atoms with Crippen LogP contribution in [0.5, 0.6) is 0 Å². The second-order valence-corrected chi connectivity index (χ2v) is 5.50. The lowest BCUT2D eigenvalue weighted by molar-refractivity contribution is -0.122. The van der Waals surface area contributed by atoms with Crippen LogP contribution in [-0.2, 0) is 11.3 Å². The number of rotatable bonds is 10. The highest BCUT2D eigenvalue weighted by atomic mass is 16.1. The van der Waals surface area contributed by atoms with E-state index in [-0.39, 0.29) is 11.9 Å². The Kier molecular flexibility index (Phi) is 7.95. The van der Waals surface area contributed by atoms with Gasteiger partial charge in [0, 0.05) is 31.4 Å². The van der Waals surface area contributed by atoms with E-state index in [9.17, 15) is 4.79 Å². The van der Waals surface area contributed by atoms with Gasteiger partial charge in [-0.15, -0.1) is 0 Å². The molecule has 3 N–H and O–H groups in total. The van der Waals surface area contributed by atoms with Crippen LogP contribution in [0.3, 0.4) is 0 Å². The Hall–Kier alpha value is -1.36. The van der Waals surface area contributed by atoms with E-state index in [1.54, 1.807) is 12.5 Å². The molecule has 0 aliphatic carbocycles. The number of carbonyl (C=O) groups excluding carboxylic acids is 1. The molecule has 1 rings (SSSR count). The Morgan fingerprint density at radius 2 is 2.20 bits per heavy atom. The highest BCUT2D eigenvalue weighted by Crippen LogP contribution is 2.16. The SMILES string of the molecule is CCCC(CCN)CCC(=O)NC(C)Cn1ccnc1. The maximum Gasteiger partial charge on any atom is 0.220 e. The average molecular weight is 280 g/mol. The zero-order chi connectivity index (χ0) is 14.8. The summed E-state index contributed by atoms with van der Waals surface area (Å²) < 4.78 is 1.97. The minimum atomic E-state index is 0.121. The first-order valence-electron chi connectivity index (χ1n) is 7.60. The molecule has 0 aliphatic rings. The molecule has 1 aromatic rings. The summed E-state index contributed by atoms with van der Waals surface area (Å²) in [6, 6.07) is 0.121. The predicted octanol–water partition coefficient (Wildman–Crippen LogP) is 1.93. The van der Waals surface area contributed by atoms with E-state index in [0.717, 1.165) is 32.2 Å². The van der Waals surface area contributed by atoms with Crippen molar-refractivity contribution < 1.29 is 4.79 Å². The zero-order valence-corrected chi connectivity index (χ0v) is 12.7. The molecule has 1 heterocycles. The lowest BCUT2D eigenvalue weighted by Gasteiger charge is -2.17. The summed E-state index contributed by atoms with van der Waals surface area (Å²) in [5.41, 5.74) is 5.61. The lowest BCUT2D eigenvalue weighted by Crippen LogP contribution is -2.35. The van der Waals surface area contributed by atoms with Crippen LogP contribution in [0.25, 0.3) is 0 Å². The van der Waals surface area contributed by atoms with Crippen molar-refractivity contribution in [3.05, 3.63) is 18.7 Å². The number of nitrogens with one attached hydrogen (secondary N) is 1. The van der Waals surface area contributed by atoms with Gasteiger partial charge in [0.2, 0.25) is 5.91 Å². The normalized spacial score (nSPS) is 13.9. The maximum atomic E-state index is 11.9. The fourth-order valence-electron chi connectivity index (χ4n) is 2.52. The summed E-state index contributed by atoms with van der Waals surface area (Å²) in [5, 5.41) is 3.04. The van der Waals surface area contributed by atoms with Gasteiger partial charge in [0.1, 0.15) is 0 Å². The third kappa shape index (κ3) is 6.70. The molecule has 2 unspecified atom stereocenters. The van der Waals surface area contributed by atoms with Crippen LogP contribution in [0.2, 0.25) is 0 Å².